The van der Waals surface area contributed by atoms with E-state index in [0.29, 0.717) is 21.2 Å². The molecule has 0 heterocycles. The predicted octanol–water partition coefficient (Wildman–Crippen LogP) is 7.72. The third-order valence-electron chi connectivity index (χ3n) is 4.27. The number of hydrogen-bond donors (Lipinski definition) is 0. The molecule has 136 valence electrons. The van der Waals surface area contributed by atoms with Gasteiger partial charge in [-0.3, -0.25) is 4.79 Å². The molecule has 2 rings (SSSR count). The first kappa shape index (κ1) is 21.6. The Hall–Kier alpha value is 0.290. The SMILES string of the molecule is CC1(C)C(C=C(Br)Br)C1C(=O)OCc1c(Cl)cc(C=C(Cl)Cl)cc1Cl. The maximum Gasteiger partial charge on any atom is 0.310 e. The summed E-state index contributed by atoms with van der Waals surface area (Å²) in [4.78, 5) is 12.4. The molecule has 2 unspecified atom stereocenters. The number of benzene rings is 1. The van der Waals surface area contributed by atoms with Crippen molar-refractivity contribution in [1.29, 1.82) is 0 Å². The topological polar surface area (TPSA) is 26.3 Å². The summed E-state index contributed by atoms with van der Waals surface area (Å²) in [6.07, 6.45) is 3.49. The molecule has 8 heteroatoms. The lowest BCUT2D eigenvalue weighted by atomic mass is 10.1. The Bertz CT molecular complexity index is 728. The van der Waals surface area contributed by atoms with Gasteiger partial charge in [0, 0.05) is 15.6 Å². The first-order valence-corrected chi connectivity index (χ1v) is 10.3. The van der Waals surface area contributed by atoms with E-state index >= 15 is 0 Å². The second-order valence-electron chi connectivity index (χ2n) is 6.29. The number of hydrogen-bond acceptors (Lipinski definition) is 2. The maximum atomic E-state index is 12.4. The number of carbonyl (C=O) groups excluding carboxylic acids is 1. The normalized spacial score (nSPS) is 20.6. The van der Waals surface area contributed by atoms with Gasteiger partial charge in [0.25, 0.3) is 0 Å². The van der Waals surface area contributed by atoms with Crippen LogP contribution in [0.2, 0.25) is 10.0 Å². The summed E-state index contributed by atoms with van der Waals surface area (Å²) in [6, 6.07) is 3.33. The summed E-state index contributed by atoms with van der Waals surface area (Å²) >= 11 is 30.4. The minimum absolute atomic E-state index is 0.00754. The van der Waals surface area contributed by atoms with Crippen LogP contribution in [0.25, 0.3) is 6.08 Å². The molecule has 0 amide bonds. The van der Waals surface area contributed by atoms with Gasteiger partial charge in [-0.05, 0) is 67.0 Å². The lowest BCUT2D eigenvalue weighted by molar-refractivity contribution is -0.147. The second kappa shape index (κ2) is 8.53. The maximum absolute atomic E-state index is 12.4. The van der Waals surface area contributed by atoms with Crippen molar-refractivity contribution in [2.24, 2.45) is 17.3 Å². The van der Waals surface area contributed by atoms with Gasteiger partial charge in [0.1, 0.15) is 11.1 Å². The second-order valence-corrected chi connectivity index (χ2v) is 10.9. The summed E-state index contributed by atoms with van der Waals surface area (Å²) in [5.74, 6) is -0.363. The van der Waals surface area contributed by atoms with E-state index < -0.39 is 0 Å². The van der Waals surface area contributed by atoms with Crippen molar-refractivity contribution in [3.05, 3.63) is 47.3 Å². The van der Waals surface area contributed by atoms with Crippen molar-refractivity contribution >= 4 is 90.3 Å². The smallest absolute Gasteiger partial charge is 0.310 e. The number of allylic oxidation sites excluding steroid dienone is 1. The van der Waals surface area contributed by atoms with Crippen LogP contribution in [0.3, 0.4) is 0 Å². The minimum Gasteiger partial charge on any atom is -0.460 e. The fraction of sp³-hybridized carbons (Fsp3) is 0.353. The highest BCUT2D eigenvalue weighted by atomic mass is 79.9. The molecular weight excluding hydrogens is 538 g/mol. The monoisotopic (exact) mass is 548 g/mol. The minimum atomic E-state index is -0.271. The van der Waals surface area contributed by atoms with E-state index in [0.717, 1.165) is 3.39 Å². The zero-order valence-corrected chi connectivity index (χ0v) is 19.5. The van der Waals surface area contributed by atoms with Crippen LogP contribution in [-0.4, -0.2) is 5.97 Å². The summed E-state index contributed by atoms with van der Waals surface area (Å²) in [6.45, 7) is 4.06. The van der Waals surface area contributed by atoms with Crippen molar-refractivity contribution in [2.75, 3.05) is 0 Å². The van der Waals surface area contributed by atoms with Crippen LogP contribution in [-0.2, 0) is 16.1 Å². The number of rotatable bonds is 5. The van der Waals surface area contributed by atoms with E-state index in [1.165, 1.54) is 6.08 Å². The molecule has 25 heavy (non-hydrogen) atoms. The highest BCUT2D eigenvalue weighted by Crippen LogP contribution is 2.60. The molecule has 1 aromatic carbocycles. The largest absolute Gasteiger partial charge is 0.460 e. The highest BCUT2D eigenvalue weighted by molar-refractivity contribution is 9.28. The molecule has 0 spiro atoms. The van der Waals surface area contributed by atoms with Crippen molar-refractivity contribution in [1.82, 2.24) is 0 Å². The molecule has 0 saturated heterocycles. The van der Waals surface area contributed by atoms with Gasteiger partial charge in [-0.2, -0.15) is 0 Å². The molecule has 1 aliphatic carbocycles. The van der Waals surface area contributed by atoms with Crippen LogP contribution in [0, 0.1) is 17.3 Å². The van der Waals surface area contributed by atoms with Crippen LogP contribution in [0.1, 0.15) is 25.0 Å². The average Bonchev–Trinajstić information content (AvgIpc) is 2.96. The Morgan fingerprint density at radius 2 is 1.80 bits per heavy atom. The zero-order chi connectivity index (χ0) is 18.9. The lowest BCUT2D eigenvalue weighted by Gasteiger charge is -2.10. The van der Waals surface area contributed by atoms with E-state index in [-0.39, 0.29) is 34.3 Å². The van der Waals surface area contributed by atoms with Gasteiger partial charge in [0.2, 0.25) is 0 Å². The van der Waals surface area contributed by atoms with Gasteiger partial charge < -0.3 is 4.74 Å². The van der Waals surface area contributed by atoms with Crippen LogP contribution >= 0.6 is 78.3 Å². The molecule has 1 saturated carbocycles. The Balaban J connectivity index is 2.08. The Kier molecular flexibility index (Phi) is 7.37. The molecule has 0 aliphatic heterocycles. The fourth-order valence-electron chi connectivity index (χ4n) is 2.78. The number of ether oxygens (including phenoxy) is 1. The summed E-state index contributed by atoms with van der Waals surface area (Å²) in [5, 5.41) is 0.770. The first-order chi connectivity index (χ1) is 11.5. The van der Waals surface area contributed by atoms with E-state index in [1.54, 1.807) is 12.1 Å². The molecule has 0 radical (unpaired) electrons. The van der Waals surface area contributed by atoms with Crippen LogP contribution in [0.5, 0.6) is 0 Å². The Labute approximate surface area is 183 Å². The summed E-state index contributed by atoms with van der Waals surface area (Å²) in [7, 11) is 0. The van der Waals surface area contributed by atoms with Gasteiger partial charge >= 0.3 is 5.97 Å². The van der Waals surface area contributed by atoms with E-state index in [1.807, 2.05) is 19.9 Å². The van der Waals surface area contributed by atoms with E-state index in [4.69, 9.17) is 51.1 Å². The van der Waals surface area contributed by atoms with E-state index in [9.17, 15) is 4.79 Å². The molecule has 1 aliphatic rings. The van der Waals surface area contributed by atoms with Gasteiger partial charge in [0.05, 0.1) is 9.31 Å². The van der Waals surface area contributed by atoms with Gasteiger partial charge in [-0.15, -0.1) is 0 Å². The molecule has 0 N–H and O–H groups in total. The summed E-state index contributed by atoms with van der Waals surface area (Å²) < 4.78 is 6.36. The zero-order valence-electron chi connectivity index (χ0n) is 13.3. The van der Waals surface area contributed by atoms with Crippen molar-refractivity contribution in [2.45, 2.75) is 20.5 Å². The lowest BCUT2D eigenvalue weighted by Crippen LogP contribution is -2.11. The van der Waals surface area contributed by atoms with Crippen molar-refractivity contribution < 1.29 is 9.53 Å². The van der Waals surface area contributed by atoms with Gasteiger partial charge in [-0.25, -0.2) is 0 Å². The summed E-state index contributed by atoms with van der Waals surface area (Å²) in [5.41, 5.74) is 1.07. The predicted molar refractivity (Wildman–Crippen MR) is 113 cm³/mol. The number of carbonyl (C=O) groups is 1. The van der Waals surface area contributed by atoms with Crippen molar-refractivity contribution in [3.8, 4) is 0 Å². The van der Waals surface area contributed by atoms with E-state index in [2.05, 4.69) is 31.9 Å². The van der Waals surface area contributed by atoms with Gasteiger partial charge in [-0.1, -0.05) is 66.3 Å². The molecule has 2 atom stereocenters. The Morgan fingerprint density at radius 1 is 1.24 bits per heavy atom. The number of halogens is 6. The molecule has 0 aromatic heterocycles. The standard InChI is InChI=1S/C17H14Br2Cl4O2/c1-17(2)10(6-13(18)19)15(17)16(24)25-7-9-11(20)3-8(4-12(9)21)5-14(22)23/h3-6,10,15H,7H2,1-2H3. The quantitative estimate of drug-likeness (QED) is 0.350. The fourth-order valence-corrected chi connectivity index (χ4v) is 4.21. The first-order valence-electron chi connectivity index (χ1n) is 7.24. The average molecular weight is 552 g/mol. The molecular formula is C17H14Br2Cl4O2. The molecule has 2 nitrogen and oxygen atoms in total. The Morgan fingerprint density at radius 3 is 2.28 bits per heavy atom. The molecule has 1 fully saturated rings. The van der Waals surface area contributed by atoms with Crippen LogP contribution in [0.15, 0.2) is 26.1 Å². The van der Waals surface area contributed by atoms with Gasteiger partial charge in [0.15, 0.2) is 0 Å². The van der Waals surface area contributed by atoms with Crippen LogP contribution in [0.4, 0.5) is 0 Å². The number of esters is 1. The van der Waals surface area contributed by atoms with Crippen molar-refractivity contribution in [3.63, 3.8) is 0 Å². The third kappa shape index (κ3) is 5.40. The highest BCUT2D eigenvalue weighted by Gasteiger charge is 2.61. The van der Waals surface area contributed by atoms with Crippen LogP contribution < -0.4 is 0 Å². The molecule has 1 aromatic rings. The molecule has 0 bridgehead atoms. The third-order valence-corrected chi connectivity index (χ3v) is 5.69.